The van der Waals surface area contributed by atoms with Crippen molar-refractivity contribution in [2.24, 2.45) is 16.6 Å². The number of fused-ring (bicyclic) bond motifs is 1. The van der Waals surface area contributed by atoms with Crippen molar-refractivity contribution >= 4 is 11.8 Å². The minimum absolute atomic E-state index is 0.0795. The van der Waals surface area contributed by atoms with Gasteiger partial charge in [-0.05, 0) is 30.2 Å². The number of rotatable bonds is 6. The van der Waals surface area contributed by atoms with Crippen LogP contribution in [0.15, 0.2) is 35.3 Å². The second-order valence-corrected chi connectivity index (χ2v) is 6.95. The zero-order valence-electron chi connectivity index (χ0n) is 15.3. The fraction of sp³-hybridized carbons (Fsp3) is 0.368. The first-order valence-corrected chi connectivity index (χ1v) is 8.85. The highest BCUT2D eigenvalue weighted by Crippen LogP contribution is 2.56. The number of ketones is 1. The molecule has 1 fully saturated rings. The van der Waals surface area contributed by atoms with Crippen LogP contribution in [-0.4, -0.2) is 41.6 Å². The number of carbonyl (C=O) groups excluding carboxylic acids is 1. The average Bonchev–Trinajstić information content (AvgIpc) is 3.48. The van der Waals surface area contributed by atoms with Gasteiger partial charge in [-0.3, -0.25) is 4.79 Å². The van der Waals surface area contributed by atoms with Gasteiger partial charge in [0, 0.05) is 24.0 Å². The molecule has 2 N–H and O–H groups in total. The number of alkyl halides is 2. The number of hydrogen-bond donors (Lipinski definition) is 1. The Balaban J connectivity index is 1.67. The van der Waals surface area contributed by atoms with Crippen LogP contribution in [0.5, 0.6) is 5.88 Å². The van der Waals surface area contributed by atoms with Gasteiger partial charge in [0.1, 0.15) is 17.6 Å². The lowest BCUT2D eigenvalue weighted by Crippen LogP contribution is -2.43. The first-order chi connectivity index (χ1) is 13.8. The third-order valence-corrected chi connectivity index (χ3v) is 5.16. The zero-order valence-corrected chi connectivity index (χ0v) is 15.3. The molecule has 1 aliphatic carbocycles. The molecule has 4 rings (SSSR count). The van der Waals surface area contributed by atoms with Crippen LogP contribution in [0.4, 0.5) is 13.2 Å². The summed E-state index contributed by atoms with van der Waals surface area (Å²) in [6.07, 6.45) is -3.37. The number of Topliss-reactive ketones (excluding diaryl/α,β-unsaturated/α-hetero) is 1. The summed E-state index contributed by atoms with van der Waals surface area (Å²) in [5.41, 5.74) is 3.57. The summed E-state index contributed by atoms with van der Waals surface area (Å²) >= 11 is 0. The summed E-state index contributed by atoms with van der Waals surface area (Å²) in [6, 6.07) is 6.20. The highest BCUT2D eigenvalue weighted by atomic mass is 19.3. The lowest BCUT2D eigenvalue weighted by Gasteiger charge is -2.33. The van der Waals surface area contributed by atoms with Crippen molar-refractivity contribution in [3.05, 3.63) is 53.0 Å². The van der Waals surface area contributed by atoms with Gasteiger partial charge in [-0.25, -0.2) is 18.2 Å². The Hall–Kier alpha value is -3.17. The van der Waals surface area contributed by atoms with Crippen LogP contribution in [0.1, 0.15) is 28.0 Å². The van der Waals surface area contributed by atoms with Crippen molar-refractivity contribution in [2.75, 3.05) is 7.11 Å². The summed E-state index contributed by atoms with van der Waals surface area (Å²) < 4.78 is 53.0. The van der Waals surface area contributed by atoms with Gasteiger partial charge in [0.15, 0.2) is 11.3 Å². The monoisotopic (exact) mass is 406 g/mol. The van der Waals surface area contributed by atoms with E-state index in [1.165, 1.54) is 31.4 Å². The Labute approximate surface area is 163 Å². The SMILES string of the molecule is COc1ccc(C(=O)Cc2ccc(F)c([C@@]3(C(F)F)N=C(N)O[C@@H]4C[C@@H]43)c2)nn1. The Morgan fingerprint density at radius 2 is 2.14 bits per heavy atom. The van der Waals surface area contributed by atoms with Crippen LogP contribution in [0.2, 0.25) is 0 Å². The molecule has 1 aromatic carbocycles. The second-order valence-electron chi connectivity index (χ2n) is 6.95. The van der Waals surface area contributed by atoms with Crippen LogP contribution in [-0.2, 0) is 16.7 Å². The van der Waals surface area contributed by atoms with Crippen molar-refractivity contribution in [1.29, 1.82) is 0 Å². The van der Waals surface area contributed by atoms with Crippen molar-refractivity contribution in [3.8, 4) is 5.88 Å². The predicted molar refractivity (Wildman–Crippen MR) is 95.3 cm³/mol. The summed E-state index contributed by atoms with van der Waals surface area (Å²) in [5.74, 6) is -1.67. The largest absolute Gasteiger partial charge is 0.480 e. The third-order valence-electron chi connectivity index (χ3n) is 5.16. The van der Waals surface area contributed by atoms with Gasteiger partial charge in [0.2, 0.25) is 5.88 Å². The van der Waals surface area contributed by atoms with E-state index in [9.17, 15) is 18.0 Å². The Morgan fingerprint density at radius 1 is 1.34 bits per heavy atom. The highest BCUT2D eigenvalue weighted by Gasteiger charge is 2.64. The number of hydrogen-bond acceptors (Lipinski definition) is 7. The van der Waals surface area contributed by atoms with E-state index in [0.29, 0.717) is 12.0 Å². The number of nitrogens with two attached hydrogens (primary N) is 1. The Kier molecular flexibility index (Phi) is 4.64. The van der Waals surface area contributed by atoms with Crippen molar-refractivity contribution in [2.45, 2.75) is 30.9 Å². The Morgan fingerprint density at radius 3 is 2.79 bits per heavy atom. The summed E-state index contributed by atoms with van der Waals surface area (Å²) in [7, 11) is 1.42. The normalized spacial score (nSPS) is 25.1. The molecule has 0 amide bonds. The summed E-state index contributed by atoms with van der Waals surface area (Å²) in [4.78, 5) is 16.3. The number of aromatic nitrogens is 2. The Bertz CT molecular complexity index is 983. The molecule has 29 heavy (non-hydrogen) atoms. The van der Waals surface area contributed by atoms with Crippen LogP contribution >= 0.6 is 0 Å². The van der Waals surface area contributed by atoms with E-state index in [1.807, 2.05) is 0 Å². The molecule has 1 aromatic heterocycles. The maximum Gasteiger partial charge on any atom is 0.283 e. The third kappa shape index (κ3) is 3.28. The van der Waals surface area contributed by atoms with Crippen LogP contribution in [0, 0.1) is 11.7 Å². The van der Waals surface area contributed by atoms with Crippen LogP contribution < -0.4 is 10.5 Å². The van der Waals surface area contributed by atoms with E-state index in [2.05, 4.69) is 15.2 Å². The van der Waals surface area contributed by atoms with Gasteiger partial charge in [-0.2, -0.15) is 0 Å². The first-order valence-electron chi connectivity index (χ1n) is 8.85. The molecule has 1 aliphatic heterocycles. The quantitative estimate of drug-likeness (QED) is 0.739. The van der Waals surface area contributed by atoms with Gasteiger partial charge >= 0.3 is 0 Å². The minimum Gasteiger partial charge on any atom is -0.480 e. The van der Waals surface area contributed by atoms with Gasteiger partial charge in [0.05, 0.1) is 7.11 Å². The molecule has 0 spiro atoms. The van der Waals surface area contributed by atoms with Crippen LogP contribution in [0.3, 0.4) is 0 Å². The molecule has 1 saturated carbocycles. The van der Waals surface area contributed by atoms with Gasteiger partial charge in [0.25, 0.3) is 12.4 Å². The van der Waals surface area contributed by atoms with E-state index in [0.717, 1.165) is 6.07 Å². The molecule has 0 unspecified atom stereocenters. The molecule has 10 heteroatoms. The number of amidine groups is 1. The topological polar surface area (TPSA) is 99.7 Å². The van der Waals surface area contributed by atoms with Gasteiger partial charge < -0.3 is 15.2 Å². The fourth-order valence-corrected chi connectivity index (χ4v) is 3.64. The standard InChI is InChI=1S/C19H17F3N4O3/c1-28-16-5-4-13(25-26-16)14(27)7-9-2-3-12(20)10(6-9)19(17(21)22)11-8-15(11)29-18(23)24-19/h2-6,11,15,17H,7-8H2,1H3,(H2,23,24)/t11-,15+,19+/m0/s1. The number of benzene rings is 1. The lowest BCUT2D eigenvalue weighted by molar-refractivity contribution is 0.0176. The first kappa shape index (κ1) is 19.2. The van der Waals surface area contributed by atoms with Gasteiger partial charge in [-0.1, -0.05) is 6.07 Å². The molecule has 0 saturated heterocycles. The van der Waals surface area contributed by atoms with E-state index < -0.39 is 41.6 Å². The second kappa shape index (κ2) is 7.02. The molecule has 2 aliphatic rings. The molecule has 152 valence electrons. The maximum atomic E-state index is 14.6. The van der Waals surface area contributed by atoms with Crippen LogP contribution in [0.25, 0.3) is 0 Å². The van der Waals surface area contributed by atoms with Crippen molar-refractivity contribution in [3.63, 3.8) is 0 Å². The van der Waals surface area contributed by atoms with Crippen molar-refractivity contribution < 1.29 is 27.4 Å². The van der Waals surface area contributed by atoms with E-state index >= 15 is 0 Å². The predicted octanol–water partition coefficient (Wildman–Crippen LogP) is 2.24. The van der Waals surface area contributed by atoms with E-state index in [-0.39, 0.29) is 23.6 Å². The lowest BCUT2D eigenvalue weighted by atomic mass is 9.83. The molecular formula is C19H17F3N4O3. The molecule has 0 bridgehead atoms. The number of carbonyl (C=O) groups is 1. The molecule has 3 atom stereocenters. The molecule has 0 radical (unpaired) electrons. The average molecular weight is 406 g/mol. The van der Waals surface area contributed by atoms with E-state index in [1.54, 1.807) is 0 Å². The number of aliphatic imine (C=N–C) groups is 1. The zero-order chi connectivity index (χ0) is 20.8. The molecule has 2 aromatic rings. The highest BCUT2D eigenvalue weighted by molar-refractivity contribution is 5.95. The fourth-order valence-electron chi connectivity index (χ4n) is 3.64. The number of methoxy groups -OCH3 is 1. The molecule has 2 heterocycles. The molecular weight excluding hydrogens is 389 g/mol. The minimum atomic E-state index is -2.99. The van der Waals surface area contributed by atoms with Crippen molar-refractivity contribution in [1.82, 2.24) is 10.2 Å². The number of ether oxygens (including phenoxy) is 2. The summed E-state index contributed by atoms with van der Waals surface area (Å²) in [6.45, 7) is 0. The smallest absolute Gasteiger partial charge is 0.283 e. The van der Waals surface area contributed by atoms with E-state index in [4.69, 9.17) is 15.2 Å². The number of halogens is 3. The van der Waals surface area contributed by atoms with Gasteiger partial charge in [-0.15, -0.1) is 10.2 Å². The maximum absolute atomic E-state index is 14.6. The summed E-state index contributed by atoms with van der Waals surface area (Å²) in [5, 5.41) is 7.50. The molecule has 7 nitrogen and oxygen atoms in total. The number of nitrogens with zero attached hydrogens (tertiary/aromatic N) is 3.